The molecule has 0 amide bonds. The minimum atomic E-state index is -4.49. The van der Waals surface area contributed by atoms with E-state index in [1.165, 1.54) is 24.3 Å². The van der Waals surface area contributed by atoms with E-state index < -0.39 is 22.2 Å². The first kappa shape index (κ1) is 9.66. The van der Waals surface area contributed by atoms with Crippen LogP contribution >= 0.6 is 0 Å². The summed E-state index contributed by atoms with van der Waals surface area (Å²) >= 11 is 0. The number of carbonyl (C=O) groups is 2. The maximum atomic E-state index is 11.3. The van der Waals surface area contributed by atoms with Gasteiger partial charge < -0.3 is 8.37 Å². The number of rotatable bonds is 0. The summed E-state index contributed by atoms with van der Waals surface area (Å²) in [6, 6.07) is 5.48. The van der Waals surface area contributed by atoms with Crippen LogP contribution < -0.4 is 4.18 Å². The van der Waals surface area contributed by atoms with Crippen LogP contribution in [0.4, 0.5) is 0 Å². The summed E-state index contributed by atoms with van der Waals surface area (Å²) < 4.78 is 30.2. The van der Waals surface area contributed by atoms with Crippen LogP contribution in [0.2, 0.25) is 0 Å². The Morgan fingerprint density at radius 3 is 2.40 bits per heavy atom. The molecule has 15 heavy (non-hydrogen) atoms. The molecular weight excluding hydrogens is 224 g/mol. The second kappa shape index (κ2) is 3.06. The predicted molar refractivity (Wildman–Crippen MR) is 46.4 cm³/mol. The molecular formula is C8H4O6S. The average Bonchev–Trinajstić information content (AvgIpc) is 2.23. The van der Waals surface area contributed by atoms with Crippen molar-refractivity contribution in [2.75, 3.05) is 0 Å². The van der Waals surface area contributed by atoms with E-state index in [9.17, 15) is 18.0 Å². The van der Waals surface area contributed by atoms with E-state index in [0.29, 0.717) is 0 Å². The van der Waals surface area contributed by atoms with Crippen LogP contribution in [0.25, 0.3) is 0 Å². The smallest absolute Gasteiger partial charge is 0.352 e. The number of ketones is 1. The van der Waals surface area contributed by atoms with Crippen LogP contribution in [-0.2, 0) is 19.4 Å². The highest BCUT2D eigenvalue weighted by molar-refractivity contribution is 7.82. The van der Waals surface area contributed by atoms with Gasteiger partial charge >= 0.3 is 16.4 Å². The van der Waals surface area contributed by atoms with Gasteiger partial charge in [0.25, 0.3) is 5.78 Å². The maximum absolute atomic E-state index is 11.3. The van der Waals surface area contributed by atoms with Gasteiger partial charge in [0.05, 0.1) is 5.56 Å². The van der Waals surface area contributed by atoms with Crippen molar-refractivity contribution < 1.29 is 26.4 Å². The second-order valence-electron chi connectivity index (χ2n) is 2.69. The Morgan fingerprint density at radius 1 is 1.00 bits per heavy atom. The fourth-order valence-electron chi connectivity index (χ4n) is 1.09. The van der Waals surface area contributed by atoms with Gasteiger partial charge in [-0.15, -0.1) is 8.42 Å². The van der Waals surface area contributed by atoms with Crippen LogP contribution in [-0.4, -0.2) is 20.2 Å². The maximum Gasteiger partial charge on any atom is 0.503 e. The quantitative estimate of drug-likeness (QED) is 0.583. The Labute approximate surface area is 84.7 Å². The van der Waals surface area contributed by atoms with Crippen molar-refractivity contribution in [2.45, 2.75) is 0 Å². The lowest BCUT2D eigenvalue weighted by Gasteiger charge is -2.01. The van der Waals surface area contributed by atoms with E-state index in [4.69, 9.17) is 0 Å². The number of hydrogen-bond acceptors (Lipinski definition) is 6. The number of Topliss-reactive ketones (excluding diaryl/α,β-unsaturated/α-hetero) is 1. The molecule has 0 aromatic heterocycles. The molecule has 0 spiro atoms. The molecule has 1 aromatic rings. The van der Waals surface area contributed by atoms with Crippen molar-refractivity contribution >= 4 is 22.2 Å². The molecule has 6 nitrogen and oxygen atoms in total. The van der Waals surface area contributed by atoms with Crippen molar-refractivity contribution in [3.63, 3.8) is 0 Å². The van der Waals surface area contributed by atoms with Gasteiger partial charge in [-0.05, 0) is 12.1 Å². The van der Waals surface area contributed by atoms with E-state index in [2.05, 4.69) is 8.37 Å². The zero-order valence-corrected chi connectivity index (χ0v) is 7.98. The van der Waals surface area contributed by atoms with Crippen molar-refractivity contribution in [3.05, 3.63) is 29.8 Å². The molecule has 1 aliphatic rings. The fraction of sp³-hybridized carbons (Fsp3) is 0. The summed E-state index contributed by atoms with van der Waals surface area (Å²) in [5, 5.41) is 0. The molecule has 7 heteroatoms. The Morgan fingerprint density at radius 2 is 1.67 bits per heavy atom. The molecule has 0 bridgehead atoms. The van der Waals surface area contributed by atoms with Gasteiger partial charge in [0.1, 0.15) is 0 Å². The predicted octanol–water partition coefficient (Wildman–Crippen LogP) is 0.0497. The van der Waals surface area contributed by atoms with E-state index in [0.717, 1.165) is 0 Å². The van der Waals surface area contributed by atoms with Crippen molar-refractivity contribution in [3.8, 4) is 5.75 Å². The molecule has 78 valence electrons. The van der Waals surface area contributed by atoms with Gasteiger partial charge in [0.2, 0.25) is 0 Å². The summed E-state index contributed by atoms with van der Waals surface area (Å²) in [7, 11) is -4.49. The monoisotopic (exact) mass is 228 g/mol. The minimum absolute atomic E-state index is 0.136. The molecule has 1 aromatic carbocycles. The molecule has 0 atom stereocenters. The first-order valence-electron chi connectivity index (χ1n) is 3.81. The number of fused-ring (bicyclic) bond motifs is 1. The van der Waals surface area contributed by atoms with E-state index in [1.54, 1.807) is 0 Å². The number of para-hydroxylation sites is 1. The summed E-state index contributed by atoms with van der Waals surface area (Å²) in [6.45, 7) is 0. The number of carbonyl (C=O) groups excluding carboxylic acids is 2. The van der Waals surface area contributed by atoms with E-state index in [1.807, 2.05) is 0 Å². The van der Waals surface area contributed by atoms with Crippen molar-refractivity contribution in [1.82, 2.24) is 0 Å². The molecule has 0 radical (unpaired) electrons. The first-order valence-corrected chi connectivity index (χ1v) is 5.14. The molecule has 0 fully saturated rings. The number of benzene rings is 1. The molecule has 2 rings (SSSR count). The highest BCUT2D eigenvalue weighted by Gasteiger charge is 2.33. The van der Waals surface area contributed by atoms with E-state index >= 15 is 0 Å². The largest absolute Gasteiger partial charge is 0.503 e. The minimum Gasteiger partial charge on any atom is -0.352 e. The van der Waals surface area contributed by atoms with Gasteiger partial charge in [0, 0.05) is 0 Å². The third kappa shape index (κ3) is 1.68. The third-order valence-corrected chi connectivity index (χ3v) is 2.43. The van der Waals surface area contributed by atoms with Crippen LogP contribution in [0, 0.1) is 0 Å². The number of hydrogen-bond donors (Lipinski definition) is 0. The molecule has 1 heterocycles. The topological polar surface area (TPSA) is 86.7 Å². The summed E-state index contributed by atoms with van der Waals surface area (Å²) in [5.74, 6) is -2.74. The second-order valence-corrected chi connectivity index (χ2v) is 3.84. The Kier molecular flexibility index (Phi) is 1.97. The molecule has 0 unspecified atom stereocenters. The first-order chi connectivity index (χ1) is 6.99. The van der Waals surface area contributed by atoms with Gasteiger partial charge in [0.15, 0.2) is 5.75 Å². The van der Waals surface area contributed by atoms with Gasteiger partial charge in [-0.3, -0.25) is 4.79 Å². The lowest BCUT2D eigenvalue weighted by molar-refractivity contribution is -0.129. The fourth-order valence-corrected chi connectivity index (χ4v) is 1.75. The van der Waals surface area contributed by atoms with Crippen molar-refractivity contribution in [2.24, 2.45) is 0 Å². The van der Waals surface area contributed by atoms with Crippen molar-refractivity contribution in [1.29, 1.82) is 0 Å². The van der Waals surface area contributed by atoms with Gasteiger partial charge in [-0.2, -0.15) is 0 Å². The van der Waals surface area contributed by atoms with E-state index in [-0.39, 0.29) is 11.3 Å². The lowest BCUT2D eigenvalue weighted by atomic mass is 10.1. The summed E-state index contributed by atoms with van der Waals surface area (Å²) in [5.41, 5.74) is -0.136. The molecule has 0 aliphatic carbocycles. The Bertz CT molecular complexity index is 544. The molecule has 0 saturated carbocycles. The highest BCUT2D eigenvalue weighted by atomic mass is 32.3. The molecule has 0 N–H and O–H groups in total. The normalized spacial score (nSPS) is 18.4. The summed E-state index contributed by atoms with van der Waals surface area (Å²) in [4.78, 5) is 22.3. The zero-order valence-electron chi connectivity index (χ0n) is 7.17. The zero-order chi connectivity index (χ0) is 11.1. The summed E-state index contributed by atoms with van der Waals surface area (Å²) in [6.07, 6.45) is 0. The van der Waals surface area contributed by atoms with Gasteiger partial charge in [-0.25, -0.2) is 4.79 Å². The van der Waals surface area contributed by atoms with Crippen LogP contribution in [0.1, 0.15) is 10.4 Å². The van der Waals surface area contributed by atoms with Crippen LogP contribution in [0.5, 0.6) is 5.75 Å². The third-order valence-electron chi connectivity index (χ3n) is 1.69. The standard InChI is InChI=1S/C8H4O6S/c9-7-5-3-1-2-4-6(5)13-15(11,12)14-8(7)10/h1-4H. The van der Waals surface area contributed by atoms with Gasteiger partial charge in [-0.1, -0.05) is 12.1 Å². The SMILES string of the molecule is O=C1OS(=O)(=O)Oc2ccccc2C1=O. The Balaban J connectivity index is 2.66. The highest BCUT2D eigenvalue weighted by Crippen LogP contribution is 2.24. The lowest BCUT2D eigenvalue weighted by Crippen LogP contribution is -2.19. The van der Waals surface area contributed by atoms with Crippen LogP contribution in [0.3, 0.4) is 0 Å². The molecule has 1 aliphatic heterocycles. The average molecular weight is 228 g/mol. The molecule has 0 saturated heterocycles. The van der Waals surface area contributed by atoms with Crippen LogP contribution in [0.15, 0.2) is 24.3 Å². The Hall–Kier alpha value is -1.89.